The zero-order valence-electron chi connectivity index (χ0n) is 18.4. The molecule has 0 unspecified atom stereocenters. The first kappa shape index (κ1) is 28.2. The first-order valence-corrected chi connectivity index (χ1v) is 13.8. The molecule has 0 fully saturated rings. The van der Waals surface area contributed by atoms with Crippen molar-refractivity contribution in [3.05, 3.63) is 62.9 Å². The Labute approximate surface area is 238 Å². The Morgan fingerprint density at radius 2 is 2.00 bits per heavy atom. The number of nitrogens with zero attached hydrogens (tertiary/aromatic N) is 5. The van der Waals surface area contributed by atoms with Crippen LogP contribution in [0.4, 0.5) is 16.6 Å². The summed E-state index contributed by atoms with van der Waals surface area (Å²) in [6.45, 7) is 0. The predicted molar refractivity (Wildman–Crippen MR) is 131 cm³/mol. The summed E-state index contributed by atoms with van der Waals surface area (Å²) in [5, 5.41) is 12.7. The maximum Gasteiger partial charge on any atom is 1.00 e. The second-order valence-electron chi connectivity index (χ2n) is 6.47. The molecule has 1 amide bonds. The van der Waals surface area contributed by atoms with Crippen LogP contribution in [0, 0.1) is 0 Å². The van der Waals surface area contributed by atoms with E-state index in [2.05, 4.69) is 35.2 Å². The number of H-pyrrole nitrogens is 1. The molecule has 1 aromatic carbocycles. The second kappa shape index (κ2) is 12.7. The molecule has 13 nitrogen and oxygen atoms in total. The molecule has 0 aliphatic carbocycles. The molecule has 3 heterocycles. The smallest absolute Gasteiger partial charge is 0.433 e. The van der Waals surface area contributed by atoms with Crippen molar-refractivity contribution in [1.82, 2.24) is 25.1 Å². The van der Waals surface area contributed by atoms with Gasteiger partial charge in [-0.1, -0.05) is 29.7 Å². The van der Waals surface area contributed by atoms with Crippen LogP contribution in [0.5, 0.6) is 0 Å². The van der Waals surface area contributed by atoms with Crippen molar-refractivity contribution in [2.75, 3.05) is 16.8 Å². The van der Waals surface area contributed by atoms with E-state index in [-0.39, 0.29) is 79.5 Å². The van der Waals surface area contributed by atoms with E-state index in [4.69, 9.17) is 10.2 Å². The number of nitrogens with one attached hydrogen (secondary N) is 2. The van der Waals surface area contributed by atoms with E-state index in [0.29, 0.717) is 10.8 Å². The number of carbonyl (C=O) groups is 1. The number of anilines is 2. The van der Waals surface area contributed by atoms with Gasteiger partial charge in [-0.05, 0) is 29.6 Å². The van der Waals surface area contributed by atoms with E-state index >= 15 is 0 Å². The molecular formula is C18H15N8NaO5S4. The van der Waals surface area contributed by atoms with E-state index in [1.165, 1.54) is 36.5 Å². The Morgan fingerprint density at radius 1 is 1.22 bits per heavy atom. The van der Waals surface area contributed by atoms with Crippen molar-refractivity contribution in [3.8, 4) is 0 Å². The van der Waals surface area contributed by atoms with Crippen LogP contribution >= 0.6 is 34.9 Å². The number of aromatic amines is 1. The van der Waals surface area contributed by atoms with Gasteiger partial charge in [-0.3, -0.25) is 9.59 Å². The number of amides is 1. The van der Waals surface area contributed by atoms with Crippen molar-refractivity contribution >= 4 is 67.4 Å². The van der Waals surface area contributed by atoms with Gasteiger partial charge in [0, 0.05) is 16.9 Å². The summed E-state index contributed by atoms with van der Waals surface area (Å²) in [6, 6.07) is 6.79. The average molecular weight is 575 g/mol. The number of thioether (sulfide) groups is 2. The standard InChI is InChI=1S/C18H16N8O5S4.Na/c19-12-7-13(27)23-17(22-12)33-9-15-24-25-18(31-15)34-8-14(28)21-10-1-3-11(4-2-10)35(29,30)26-16-20-5-6-32-16;/h1-7H,8-9H2,(H5,19,20,21,22,23,26,27,28);/q;+1/p-1. The quantitative estimate of drug-likeness (QED) is 0.126. The topological polar surface area (TPSA) is 201 Å². The third kappa shape index (κ3) is 8.05. The van der Waals surface area contributed by atoms with Crippen molar-refractivity contribution < 1.29 is 47.2 Å². The predicted octanol–water partition coefficient (Wildman–Crippen LogP) is -0.387. The van der Waals surface area contributed by atoms with Crippen molar-refractivity contribution in [2.24, 2.45) is 0 Å². The fourth-order valence-electron chi connectivity index (χ4n) is 2.46. The number of carbonyl (C=O) groups excluding carboxylic acids is 1. The molecule has 4 N–H and O–H groups in total. The Kier molecular flexibility index (Phi) is 9.94. The molecule has 0 radical (unpaired) electrons. The van der Waals surface area contributed by atoms with Gasteiger partial charge < -0.3 is 30.2 Å². The Hall–Kier alpha value is -2.41. The minimum absolute atomic E-state index is 0. The van der Waals surface area contributed by atoms with Crippen LogP contribution in [0.25, 0.3) is 4.72 Å². The van der Waals surface area contributed by atoms with Gasteiger partial charge in [-0.25, -0.2) is 13.4 Å². The van der Waals surface area contributed by atoms with Crippen molar-refractivity contribution in [1.29, 1.82) is 0 Å². The molecule has 0 spiro atoms. The molecule has 182 valence electrons. The molecule has 0 aliphatic rings. The molecular weight excluding hydrogens is 560 g/mol. The van der Waals surface area contributed by atoms with Crippen molar-refractivity contribution in [2.45, 2.75) is 21.0 Å². The summed E-state index contributed by atoms with van der Waals surface area (Å²) >= 11 is 3.30. The molecule has 18 heteroatoms. The van der Waals surface area contributed by atoms with E-state index in [1.54, 1.807) is 5.38 Å². The normalized spacial score (nSPS) is 11.0. The van der Waals surface area contributed by atoms with Crippen LogP contribution in [0.2, 0.25) is 0 Å². The SMILES string of the molecule is Nc1cc(=O)[nH]c(SCc2nnc(SCC(=O)Nc3ccc(S(=O)(=O)[N-]c4nccs4)cc3)o2)n1.[Na+]. The second-order valence-corrected chi connectivity index (χ2v) is 10.8. The van der Waals surface area contributed by atoms with Gasteiger partial charge in [0.25, 0.3) is 10.8 Å². The molecule has 0 aliphatic heterocycles. The zero-order valence-corrected chi connectivity index (χ0v) is 23.7. The molecule has 36 heavy (non-hydrogen) atoms. The van der Waals surface area contributed by atoms with Crippen LogP contribution < -0.4 is 46.2 Å². The Bertz CT molecular complexity index is 1480. The third-order valence-corrected chi connectivity index (χ3v) is 7.64. The number of nitrogens with two attached hydrogens (primary N) is 1. The summed E-state index contributed by atoms with van der Waals surface area (Å²) in [6.07, 6.45) is 1.46. The summed E-state index contributed by atoms with van der Waals surface area (Å²) in [4.78, 5) is 34.0. The molecule has 3 aromatic heterocycles. The van der Waals surface area contributed by atoms with Crippen LogP contribution in [0.15, 0.2) is 66.4 Å². The minimum atomic E-state index is -3.90. The minimum Gasteiger partial charge on any atom is -0.433 e. The summed E-state index contributed by atoms with van der Waals surface area (Å²) in [7, 11) is -3.90. The largest absolute Gasteiger partial charge is 1.00 e. The molecule has 0 saturated carbocycles. The summed E-state index contributed by atoms with van der Waals surface area (Å²) in [5.74, 6) is 0.261. The van der Waals surface area contributed by atoms with Crippen LogP contribution in [0.3, 0.4) is 0 Å². The van der Waals surface area contributed by atoms with Gasteiger partial charge in [0.2, 0.25) is 21.8 Å². The maximum atomic E-state index is 12.3. The first-order valence-electron chi connectivity index (χ1n) is 9.49. The van der Waals surface area contributed by atoms with Gasteiger partial charge in [0.05, 0.1) is 16.4 Å². The van der Waals surface area contributed by atoms with Crippen LogP contribution in [-0.4, -0.2) is 45.2 Å². The number of aromatic nitrogens is 5. The number of nitrogen functional groups attached to an aromatic ring is 1. The first-order chi connectivity index (χ1) is 16.8. The van der Waals surface area contributed by atoms with Crippen LogP contribution in [-0.2, 0) is 20.6 Å². The van der Waals surface area contributed by atoms with Crippen molar-refractivity contribution in [3.63, 3.8) is 0 Å². The molecule has 4 aromatic rings. The maximum absolute atomic E-state index is 12.3. The number of hydrogen-bond acceptors (Lipinski definition) is 13. The number of hydrogen-bond donors (Lipinski definition) is 3. The number of benzene rings is 1. The zero-order chi connectivity index (χ0) is 24.8. The van der Waals surface area contributed by atoms with Gasteiger partial charge in [0.15, 0.2) is 5.16 Å². The molecule has 0 bridgehead atoms. The number of rotatable bonds is 10. The van der Waals surface area contributed by atoms with Gasteiger partial charge in [0.1, 0.15) is 5.82 Å². The average Bonchev–Trinajstić information content (AvgIpc) is 3.48. The molecule has 4 rings (SSSR count). The van der Waals surface area contributed by atoms with E-state index in [9.17, 15) is 18.0 Å². The Balaban J connectivity index is 0.00000361. The fraction of sp³-hybridized carbons (Fsp3) is 0.111. The van der Waals surface area contributed by atoms with Gasteiger partial charge >= 0.3 is 29.6 Å². The fourth-order valence-corrected chi connectivity index (χ4v) is 5.43. The van der Waals surface area contributed by atoms with Gasteiger partial charge in [-0.2, -0.15) is 11.3 Å². The summed E-state index contributed by atoms with van der Waals surface area (Å²) < 4.78 is 33.7. The van der Waals surface area contributed by atoms with E-state index in [0.717, 1.165) is 34.9 Å². The third-order valence-electron chi connectivity index (χ3n) is 3.90. The van der Waals surface area contributed by atoms with E-state index < -0.39 is 10.0 Å². The molecule has 0 saturated heterocycles. The van der Waals surface area contributed by atoms with Gasteiger partial charge in [-0.15, -0.1) is 10.2 Å². The molecule has 0 atom stereocenters. The number of sulfonamides is 1. The monoisotopic (exact) mass is 574 g/mol. The number of thiazole rings is 1. The van der Waals surface area contributed by atoms with E-state index in [1.807, 2.05) is 0 Å². The Morgan fingerprint density at radius 3 is 2.69 bits per heavy atom. The van der Waals surface area contributed by atoms with Crippen LogP contribution in [0.1, 0.15) is 5.89 Å². The summed E-state index contributed by atoms with van der Waals surface area (Å²) in [5.41, 5.74) is 5.58.